The van der Waals surface area contributed by atoms with Crippen LogP contribution in [0.2, 0.25) is 5.02 Å². The van der Waals surface area contributed by atoms with Gasteiger partial charge in [0.2, 0.25) is 0 Å². The predicted octanol–water partition coefficient (Wildman–Crippen LogP) is 3.63. The first-order valence-corrected chi connectivity index (χ1v) is 6.49. The van der Waals surface area contributed by atoms with Gasteiger partial charge in [0.25, 0.3) is 0 Å². The molecule has 1 unspecified atom stereocenters. The second-order valence-electron chi connectivity index (χ2n) is 4.30. The largest absolute Gasteiger partial charge is 0.497 e. The van der Waals surface area contributed by atoms with Crippen LogP contribution in [0.25, 0.3) is 0 Å². The maximum Gasteiger partial charge on any atom is 0.141 e. The highest BCUT2D eigenvalue weighted by Crippen LogP contribution is 2.21. The Bertz CT molecular complexity index is 575. The van der Waals surface area contributed by atoms with Crippen LogP contribution >= 0.6 is 11.6 Å². The van der Waals surface area contributed by atoms with Crippen LogP contribution in [0.5, 0.6) is 5.75 Å². The summed E-state index contributed by atoms with van der Waals surface area (Å²) in [6.45, 7) is 0.300. The maximum absolute atomic E-state index is 13.0. The van der Waals surface area contributed by atoms with E-state index < -0.39 is 11.9 Å². The Morgan fingerprint density at radius 1 is 1.25 bits per heavy atom. The number of ether oxygens (including phenoxy) is 1. The highest BCUT2D eigenvalue weighted by molar-refractivity contribution is 6.31. The summed E-state index contributed by atoms with van der Waals surface area (Å²) < 4.78 is 18.1. The second-order valence-corrected chi connectivity index (χ2v) is 4.71. The summed E-state index contributed by atoms with van der Waals surface area (Å²) in [5.74, 6) is 0.271. The Morgan fingerprint density at radius 3 is 2.55 bits per heavy atom. The van der Waals surface area contributed by atoms with Crippen LogP contribution in [0.3, 0.4) is 0 Å². The molecule has 0 aliphatic rings. The number of hydrogen-bond acceptors (Lipinski definition) is 3. The molecular formula is C15H15ClFNO2. The monoisotopic (exact) mass is 295 g/mol. The van der Waals surface area contributed by atoms with Gasteiger partial charge < -0.3 is 15.2 Å². The van der Waals surface area contributed by atoms with Crippen LogP contribution < -0.4 is 10.1 Å². The fourth-order valence-corrected chi connectivity index (χ4v) is 1.95. The molecule has 2 aromatic rings. The minimum Gasteiger partial charge on any atom is -0.497 e. The molecule has 0 aliphatic heterocycles. The standard InChI is InChI=1S/C15H15ClFNO2/c1-20-12-5-2-10(3-6-12)15(19)9-18-11-4-7-14(17)13(16)8-11/h2-8,15,18-19H,9H2,1H3. The third-order valence-electron chi connectivity index (χ3n) is 2.92. The van der Waals surface area contributed by atoms with Gasteiger partial charge in [-0.3, -0.25) is 0 Å². The molecule has 2 rings (SSSR count). The molecule has 5 heteroatoms. The molecule has 0 fully saturated rings. The zero-order valence-corrected chi connectivity index (χ0v) is 11.7. The molecule has 3 nitrogen and oxygen atoms in total. The van der Waals surface area contributed by atoms with Crippen molar-refractivity contribution in [3.63, 3.8) is 0 Å². The number of methoxy groups -OCH3 is 1. The molecule has 2 N–H and O–H groups in total. The quantitative estimate of drug-likeness (QED) is 0.885. The fourth-order valence-electron chi connectivity index (χ4n) is 1.76. The van der Waals surface area contributed by atoms with Crippen molar-refractivity contribution in [2.45, 2.75) is 6.10 Å². The number of aliphatic hydroxyl groups is 1. The molecule has 0 saturated carbocycles. The lowest BCUT2D eigenvalue weighted by Gasteiger charge is -2.14. The van der Waals surface area contributed by atoms with Crippen LogP contribution in [-0.4, -0.2) is 18.8 Å². The van der Waals surface area contributed by atoms with Crippen LogP contribution in [0, 0.1) is 5.82 Å². The van der Waals surface area contributed by atoms with Crippen molar-refractivity contribution < 1.29 is 14.2 Å². The van der Waals surface area contributed by atoms with Gasteiger partial charge in [-0.05, 0) is 35.9 Å². The van der Waals surface area contributed by atoms with Crippen LogP contribution in [0.15, 0.2) is 42.5 Å². The SMILES string of the molecule is COc1ccc(C(O)CNc2ccc(F)c(Cl)c2)cc1. The molecule has 0 saturated heterocycles. The summed E-state index contributed by atoms with van der Waals surface area (Å²) in [4.78, 5) is 0. The zero-order chi connectivity index (χ0) is 14.5. The first kappa shape index (κ1) is 14.6. The van der Waals surface area contributed by atoms with E-state index in [1.54, 1.807) is 37.4 Å². The van der Waals surface area contributed by atoms with E-state index in [0.717, 1.165) is 11.3 Å². The molecule has 0 aliphatic carbocycles. The molecule has 106 valence electrons. The topological polar surface area (TPSA) is 41.5 Å². The number of aliphatic hydroxyl groups excluding tert-OH is 1. The maximum atomic E-state index is 13.0. The van der Waals surface area contributed by atoms with Gasteiger partial charge in [-0.15, -0.1) is 0 Å². The average molecular weight is 296 g/mol. The van der Waals surface area contributed by atoms with Crippen molar-refractivity contribution in [1.29, 1.82) is 0 Å². The van der Waals surface area contributed by atoms with Crippen molar-refractivity contribution in [2.75, 3.05) is 19.0 Å². The van der Waals surface area contributed by atoms with E-state index in [1.165, 1.54) is 12.1 Å². The number of benzene rings is 2. The lowest BCUT2D eigenvalue weighted by atomic mass is 10.1. The van der Waals surface area contributed by atoms with Crippen molar-refractivity contribution >= 4 is 17.3 Å². The van der Waals surface area contributed by atoms with E-state index in [9.17, 15) is 9.50 Å². The van der Waals surface area contributed by atoms with Crippen molar-refractivity contribution in [3.8, 4) is 5.75 Å². The van der Waals surface area contributed by atoms with Gasteiger partial charge in [-0.1, -0.05) is 23.7 Å². The number of halogens is 2. The van der Waals surface area contributed by atoms with E-state index in [2.05, 4.69) is 5.32 Å². The summed E-state index contributed by atoms with van der Waals surface area (Å²) in [6, 6.07) is 11.5. The Morgan fingerprint density at radius 2 is 1.95 bits per heavy atom. The number of anilines is 1. The van der Waals surface area contributed by atoms with Gasteiger partial charge in [-0.25, -0.2) is 4.39 Å². The van der Waals surface area contributed by atoms with Gasteiger partial charge in [0.05, 0.1) is 18.2 Å². The highest BCUT2D eigenvalue weighted by Gasteiger charge is 2.08. The van der Waals surface area contributed by atoms with Crippen LogP contribution in [0.4, 0.5) is 10.1 Å². The fraction of sp³-hybridized carbons (Fsp3) is 0.200. The molecular weight excluding hydrogens is 281 g/mol. The minimum atomic E-state index is -0.676. The molecule has 0 bridgehead atoms. The predicted molar refractivity (Wildman–Crippen MR) is 77.9 cm³/mol. The van der Waals surface area contributed by atoms with Crippen LogP contribution in [0.1, 0.15) is 11.7 Å². The molecule has 1 atom stereocenters. The Labute approximate surface area is 122 Å². The lowest BCUT2D eigenvalue weighted by molar-refractivity contribution is 0.191. The smallest absolute Gasteiger partial charge is 0.141 e. The van der Waals surface area contributed by atoms with E-state index >= 15 is 0 Å². The van der Waals surface area contributed by atoms with Crippen molar-refractivity contribution in [1.82, 2.24) is 0 Å². The first-order chi connectivity index (χ1) is 9.60. The Kier molecular flexibility index (Phi) is 4.82. The normalized spacial score (nSPS) is 12.0. The lowest BCUT2D eigenvalue weighted by Crippen LogP contribution is -2.12. The van der Waals surface area contributed by atoms with E-state index in [4.69, 9.17) is 16.3 Å². The van der Waals surface area contributed by atoms with Gasteiger partial charge in [0, 0.05) is 12.2 Å². The summed E-state index contributed by atoms with van der Waals surface area (Å²) in [7, 11) is 1.59. The number of hydrogen-bond donors (Lipinski definition) is 2. The molecule has 0 aromatic heterocycles. The summed E-state index contributed by atoms with van der Waals surface area (Å²) >= 11 is 5.69. The van der Waals surface area contributed by atoms with Crippen molar-refractivity contribution in [3.05, 3.63) is 58.9 Å². The second kappa shape index (κ2) is 6.59. The van der Waals surface area contributed by atoms with Gasteiger partial charge in [0.15, 0.2) is 0 Å². The van der Waals surface area contributed by atoms with E-state index in [0.29, 0.717) is 12.2 Å². The molecule has 0 heterocycles. The average Bonchev–Trinajstić information content (AvgIpc) is 2.48. The van der Waals surface area contributed by atoms with Gasteiger partial charge in [-0.2, -0.15) is 0 Å². The molecule has 0 spiro atoms. The number of nitrogens with one attached hydrogen (secondary N) is 1. The third kappa shape index (κ3) is 3.62. The molecule has 2 aromatic carbocycles. The third-order valence-corrected chi connectivity index (χ3v) is 3.21. The summed E-state index contributed by atoms with van der Waals surface area (Å²) in [5, 5.41) is 13.1. The molecule has 0 amide bonds. The Hall–Kier alpha value is -1.78. The number of rotatable bonds is 5. The van der Waals surface area contributed by atoms with Gasteiger partial charge in [0.1, 0.15) is 11.6 Å². The summed E-state index contributed by atoms with van der Waals surface area (Å²) in [6.07, 6.45) is -0.676. The van der Waals surface area contributed by atoms with Crippen molar-refractivity contribution in [2.24, 2.45) is 0 Å². The zero-order valence-electron chi connectivity index (χ0n) is 10.9. The molecule has 0 radical (unpaired) electrons. The van der Waals surface area contributed by atoms with Gasteiger partial charge >= 0.3 is 0 Å². The summed E-state index contributed by atoms with van der Waals surface area (Å²) in [5.41, 5.74) is 1.43. The van der Waals surface area contributed by atoms with E-state index in [-0.39, 0.29) is 5.02 Å². The molecule has 20 heavy (non-hydrogen) atoms. The first-order valence-electron chi connectivity index (χ1n) is 6.11. The van der Waals surface area contributed by atoms with E-state index in [1.807, 2.05) is 0 Å². The highest BCUT2D eigenvalue weighted by atomic mass is 35.5. The Balaban J connectivity index is 1.96. The van der Waals surface area contributed by atoms with Crippen LogP contribution in [-0.2, 0) is 0 Å². The minimum absolute atomic E-state index is 0.0499.